The van der Waals surface area contributed by atoms with Crippen LogP contribution in [0, 0.1) is 20.8 Å². The van der Waals surface area contributed by atoms with Crippen molar-refractivity contribution in [3.05, 3.63) is 89.1 Å². The minimum atomic E-state index is -0.368. The number of carbonyl (C=O) groups is 1. The van der Waals surface area contributed by atoms with E-state index < -0.39 is 0 Å². The number of furan rings is 1. The van der Waals surface area contributed by atoms with Crippen LogP contribution < -0.4 is 5.43 Å². The lowest BCUT2D eigenvalue weighted by Crippen LogP contribution is -2.16. The molecule has 5 heteroatoms. The fourth-order valence-corrected chi connectivity index (χ4v) is 3.46. The largest absolute Gasteiger partial charge is 0.456 e. The number of rotatable bonds is 4. The van der Waals surface area contributed by atoms with Crippen LogP contribution in [0.2, 0.25) is 0 Å². The average Bonchev–Trinajstić information content (AvgIpc) is 3.24. The van der Waals surface area contributed by atoms with Crippen LogP contribution in [0.3, 0.4) is 0 Å². The molecule has 2 aromatic heterocycles. The summed E-state index contributed by atoms with van der Waals surface area (Å²) in [5.74, 6) is 0.566. The van der Waals surface area contributed by atoms with E-state index in [4.69, 9.17) is 4.42 Å². The Hall–Kier alpha value is -3.60. The van der Waals surface area contributed by atoms with Crippen molar-refractivity contribution in [1.82, 2.24) is 9.99 Å². The van der Waals surface area contributed by atoms with Crippen LogP contribution in [-0.2, 0) is 0 Å². The standard InChI is InChI=1S/C23H21N3O2/c1-15-13-19(14-24-25-23(27)22-12-11-16(2)28-22)17(3)26(15)21-10-6-8-18-7-4-5-9-20(18)21/h4-14H,1-3H3,(H,25,27)/b24-14-. The van der Waals surface area contributed by atoms with Gasteiger partial charge in [0, 0.05) is 22.3 Å². The molecule has 2 aromatic carbocycles. The van der Waals surface area contributed by atoms with Gasteiger partial charge in [-0.3, -0.25) is 4.79 Å². The number of fused-ring (bicyclic) bond motifs is 1. The number of hydrogen-bond acceptors (Lipinski definition) is 3. The number of carbonyl (C=O) groups excluding carboxylic acids is 1. The van der Waals surface area contributed by atoms with Gasteiger partial charge in [0.15, 0.2) is 5.76 Å². The first-order valence-electron chi connectivity index (χ1n) is 9.11. The summed E-state index contributed by atoms with van der Waals surface area (Å²) in [6.07, 6.45) is 1.66. The van der Waals surface area contributed by atoms with Gasteiger partial charge in [-0.1, -0.05) is 36.4 Å². The fraction of sp³-hybridized carbons (Fsp3) is 0.130. The van der Waals surface area contributed by atoms with Crippen LogP contribution in [0.4, 0.5) is 0 Å². The molecule has 0 aliphatic carbocycles. The zero-order valence-corrected chi connectivity index (χ0v) is 16.1. The number of hydrazone groups is 1. The second kappa shape index (κ2) is 7.19. The number of aryl methyl sites for hydroxylation is 2. The summed E-state index contributed by atoms with van der Waals surface area (Å²) in [5, 5.41) is 6.49. The van der Waals surface area contributed by atoms with E-state index in [1.807, 2.05) is 19.1 Å². The summed E-state index contributed by atoms with van der Waals surface area (Å²) in [5.41, 5.74) is 6.74. The first-order chi connectivity index (χ1) is 13.5. The molecule has 4 rings (SSSR count). The maximum absolute atomic E-state index is 12.0. The second-order valence-corrected chi connectivity index (χ2v) is 6.77. The quantitative estimate of drug-likeness (QED) is 0.409. The summed E-state index contributed by atoms with van der Waals surface area (Å²) >= 11 is 0. The van der Waals surface area contributed by atoms with Crippen molar-refractivity contribution in [3.63, 3.8) is 0 Å². The third-order valence-electron chi connectivity index (χ3n) is 4.81. The maximum Gasteiger partial charge on any atom is 0.307 e. The number of hydrogen-bond donors (Lipinski definition) is 1. The van der Waals surface area contributed by atoms with Crippen LogP contribution in [0.15, 0.2) is 70.2 Å². The van der Waals surface area contributed by atoms with Crippen molar-refractivity contribution >= 4 is 22.9 Å². The summed E-state index contributed by atoms with van der Waals surface area (Å²) in [4.78, 5) is 12.0. The van der Waals surface area contributed by atoms with Gasteiger partial charge in [0.25, 0.3) is 0 Å². The van der Waals surface area contributed by atoms with Gasteiger partial charge in [0.05, 0.1) is 11.9 Å². The Morgan fingerprint density at radius 3 is 2.61 bits per heavy atom. The third-order valence-corrected chi connectivity index (χ3v) is 4.81. The highest BCUT2D eigenvalue weighted by Gasteiger charge is 2.12. The molecule has 0 atom stereocenters. The van der Waals surface area contributed by atoms with E-state index >= 15 is 0 Å². The summed E-state index contributed by atoms with van der Waals surface area (Å²) in [6.45, 7) is 5.91. The van der Waals surface area contributed by atoms with Crippen molar-refractivity contribution in [3.8, 4) is 5.69 Å². The summed E-state index contributed by atoms with van der Waals surface area (Å²) in [6, 6.07) is 20.1. The third kappa shape index (κ3) is 3.22. The number of nitrogens with zero attached hydrogens (tertiary/aromatic N) is 2. The van der Waals surface area contributed by atoms with Gasteiger partial charge in [0.1, 0.15) is 5.76 Å². The molecule has 0 fully saturated rings. The van der Waals surface area contributed by atoms with Crippen LogP contribution in [-0.4, -0.2) is 16.7 Å². The molecule has 1 amide bonds. The minimum Gasteiger partial charge on any atom is -0.456 e. The van der Waals surface area contributed by atoms with Gasteiger partial charge < -0.3 is 8.98 Å². The topological polar surface area (TPSA) is 59.5 Å². The zero-order valence-electron chi connectivity index (χ0n) is 16.1. The van der Waals surface area contributed by atoms with E-state index in [-0.39, 0.29) is 11.7 Å². The van der Waals surface area contributed by atoms with E-state index in [2.05, 4.69) is 58.4 Å². The van der Waals surface area contributed by atoms with Crippen molar-refractivity contribution in [2.24, 2.45) is 5.10 Å². The van der Waals surface area contributed by atoms with Gasteiger partial charge in [-0.2, -0.15) is 5.10 Å². The van der Waals surface area contributed by atoms with Crippen LogP contribution in [0.25, 0.3) is 16.5 Å². The Kier molecular flexibility index (Phi) is 4.57. The normalized spacial score (nSPS) is 11.4. The van der Waals surface area contributed by atoms with Crippen LogP contribution in [0.1, 0.15) is 33.3 Å². The first kappa shape index (κ1) is 17.8. The molecule has 2 heterocycles. The van der Waals surface area contributed by atoms with Crippen molar-refractivity contribution in [1.29, 1.82) is 0 Å². The lowest BCUT2D eigenvalue weighted by molar-refractivity contribution is 0.0926. The van der Waals surface area contributed by atoms with E-state index in [0.29, 0.717) is 5.76 Å². The molecule has 140 valence electrons. The molecule has 0 radical (unpaired) electrons. The first-order valence-corrected chi connectivity index (χ1v) is 9.11. The molecule has 1 N–H and O–H groups in total. The van der Waals surface area contributed by atoms with E-state index in [1.54, 1.807) is 25.3 Å². The van der Waals surface area contributed by atoms with Gasteiger partial charge in [-0.05, 0) is 50.4 Å². The average molecular weight is 371 g/mol. The molecule has 4 aromatic rings. The monoisotopic (exact) mass is 371 g/mol. The molecular formula is C23H21N3O2. The highest BCUT2D eigenvalue weighted by atomic mass is 16.3. The molecule has 0 saturated carbocycles. The van der Waals surface area contributed by atoms with E-state index in [1.165, 1.54) is 10.8 Å². The number of aromatic nitrogens is 1. The number of amides is 1. The smallest absolute Gasteiger partial charge is 0.307 e. The van der Waals surface area contributed by atoms with Gasteiger partial charge in [-0.25, -0.2) is 5.43 Å². The second-order valence-electron chi connectivity index (χ2n) is 6.77. The molecule has 0 aliphatic heterocycles. The van der Waals surface area contributed by atoms with Crippen LogP contribution >= 0.6 is 0 Å². The maximum atomic E-state index is 12.0. The SMILES string of the molecule is Cc1ccc(C(=O)N/N=C\c2cc(C)n(-c3cccc4ccccc34)c2C)o1. The van der Waals surface area contributed by atoms with Gasteiger partial charge in [-0.15, -0.1) is 0 Å². The highest BCUT2D eigenvalue weighted by molar-refractivity contribution is 5.93. The Bertz CT molecular complexity index is 1190. The Morgan fingerprint density at radius 2 is 1.82 bits per heavy atom. The number of nitrogens with one attached hydrogen (secondary N) is 1. The lowest BCUT2D eigenvalue weighted by atomic mass is 10.1. The molecule has 0 spiro atoms. The van der Waals surface area contributed by atoms with E-state index in [9.17, 15) is 4.79 Å². The molecular weight excluding hydrogens is 350 g/mol. The molecule has 0 saturated heterocycles. The molecule has 0 aliphatic rings. The molecule has 5 nitrogen and oxygen atoms in total. The summed E-state index contributed by atoms with van der Waals surface area (Å²) in [7, 11) is 0. The van der Waals surface area contributed by atoms with Crippen molar-refractivity contribution < 1.29 is 9.21 Å². The molecule has 0 bridgehead atoms. The minimum absolute atomic E-state index is 0.246. The zero-order chi connectivity index (χ0) is 19.7. The Labute approximate surface area is 163 Å². The van der Waals surface area contributed by atoms with Crippen molar-refractivity contribution in [2.45, 2.75) is 20.8 Å². The molecule has 28 heavy (non-hydrogen) atoms. The fourth-order valence-electron chi connectivity index (χ4n) is 3.46. The number of benzene rings is 2. The van der Waals surface area contributed by atoms with Gasteiger partial charge >= 0.3 is 5.91 Å². The van der Waals surface area contributed by atoms with Crippen LogP contribution in [0.5, 0.6) is 0 Å². The predicted octanol–water partition coefficient (Wildman–Crippen LogP) is 4.91. The predicted molar refractivity (Wildman–Crippen MR) is 111 cm³/mol. The highest BCUT2D eigenvalue weighted by Crippen LogP contribution is 2.26. The Morgan fingerprint density at radius 1 is 1.04 bits per heavy atom. The van der Waals surface area contributed by atoms with Gasteiger partial charge in [0.2, 0.25) is 0 Å². The molecule has 0 unspecified atom stereocenters. The summed E-state index contributed by atoms with van der Waals surface area (Å²) < 4.78 is 7.51. The Balaban J connectivity index is 1.63. The lowest BCUT2D eigenvalue weighted by Gasteiger charge is -2.12. The van der Waals surface area contributed by atoms with E-state index in [0.717, 1.165) is 22.6 Å². The van der Waals surface area contributed by atoms with Crippen molar-refractivity contribution in [2.75, 3.05) is 0 Å².